The van der Waals surface area contributed by atoms with Crippen LogP contribution in [0.25, 0.3) is 0 Å². The number of rotatable bonds is 2. The third-order valence-electron chi connectivity index (χ3n) is 1.38. The van der Waals surface area contributed by atoms with Crippen molar-refractivity contribution >= 4 is 11.9 Å². The van der Waals surface area contributed by atoms with E-state index < -0.39 is 11.9 Å². The quantitative estimate of drug-likeness (QED) is 0.539. The first-order valence-electron chi connectivity index (χ1n) is 3.18. The van der Waals surface area contributed by atoms with Gasteiger partial charge in [-0.15, -0.1) is 0 Å². The third-order valence-corrected chi connectivity index (χ3v) is 1.38. The van der Waals surface area contributed by atoms with Crippen LogP contribution in [-0.2, 0) is 0 Å². The van der Waals surface area contributed by atoms with Crippen LogP contribution in [0, 0.1) is 0 Å². The van der Waals surface area contributed by atoms with E-state index in [9.17, 15) is 9.59 Å². The Balaban J connectivity index is 0. The zero-order valence-corrected chi connectivity index (χ0v) is 9.02. The van der Waals surface area contributed by atoms with Crippen molar-refractivity contribution in [1.29, 1.82) is 0 Å². The van der Waals surface area contributed by atoms with Gasteiger partial charge < -0.3 is 11.6 Å². The smallest absolute Gasteiger partial charge is 1.00 e. The van der Waals surface area contributed by atoms with E-state index in [1.807, 2.05) is 0 Å². The Hall–Kier alpha value is -0.840. The van der Waals surface area contributed by atoms with Crippen LogP contribution in [0.3, 0.4) is 0 Å². The standard InChI is InChI=1S/C8H6O4.Na.H/c9-7(10)5-1-2-6(4-3-5)8(11)12;;/h1-4H,(H,9,10)(H,11,12);;/q;+1;-1. The van der Waals surface area contributed by atoms with Gasteiger partial charge in [0.15, 0.2) is 0 Å². The summed E-state index contributed by atoms with van der Waals surface area (Å²) in [7, 11) is 0. The first-order chi connectivity index (χ1) is 5.61. The van der Waals surface area contributed by atoms with Crippen molar-refractivity contribution in [2.45, 2.75) is 0 Å². The molecule has 1 aromatic carbocycles. The van der Waals surface area contributed by atoms with Gasteiger partial charge in [-0.2, -0.15) is 0 Å². The molecule has 0 saturated heterocycles. The molecule has 0 unspecified atom stereocenters. The van der Waals surface area contributed by atoms with Crippen molar-refractivity contribution in [3.8, 4) is 0 Å². The Morgan fingerprint density at radius 3 is 1.31 bits per heavy atom. The molecule has 0 spiro atoms. The molecule has 1 rings (SSSR count). The summed E-state index contributed by atoms with van der Waals surface area (Å²) in [5, 5.41) is 16.9. The van der Waals surface area contributed by atoms with Gasteiger partial charge in [-0.3, -0.25) is 0 Å². The number of hydrogen-bond acceptors (Lipinski definition) is 2. The molecule has 0 aromatic heterocycles. The van der Waals surface area contributed by atoms with Gasteiger partial charge in [0.25, 0.3) is 0 Å². The third kappa shape index (κ3) is 3.18. The summed E-state index contributed by atoms with van der Waals surface area (Å²) < 4.78 is 0. The molecule has 5 heteroatoms. The molecule has 0 radical (unpaired) electrons. The monoisotopic (exact) mass is 190 g/mol. The molecule has 13 heavy (non-hydrogen) atoms. The number of carboxylic acids is 2. The predicted octanol–water partition coefficient (Wildman–Crippen LogP) is -1.80. The van der Waals surface area contributed by atoms with Gasteiger partial charge >= 0.3 is 41.5 Å². The fraction of sp³-hybridized carbons (Fsp3) is 0. The number of carboxylic acid groups (broad SMARTS) is 2. The van der Waals surface area contributed by atoms with Gasteiger partial charge in [-0.1, -0.05) is 0 Å². The number of carbonyl (C=O) groups is 2. The first kappa shape index (κ1) is 12.2. The SMILES string of the molecule is O=C(O)c1ccc(C(=O)O)cc1.[H-].[Na+]. The van der Waals surface area contributed by atoms with Gasteiger partial charge in [0.05, 0.1) is 11.1 Å². The summed E-state index contributed by atoms with van der Waals surface area (Å²) in [6.07, 6.45) is 0. The van der Waals surface area contributed by atoms with Crippen LogP contribution < -0.4 is 29.6 Å². The van der Waals surface area contributed by atoms with E-state index in [0.717, 1.165) is 0 Å². The summed E-state index contributed by atoms with van der Waals surface area (Å²) >= 11 is 0. The average molecular weight is 190 g/mol. The molecule has 0 bridgehead atoms. The molecule has 4 nitrogen and oxygen atoms in total. The first-order valence-corrected chi connectivity index (χ1v) is 3.18. The average Bonchev–Trinajstić information content (AvgIpc) is 2.04. The molecule has 1 aromatic rings. The van der Waals surface area contributed by atoms with Crippen molar-refractivity contribution in [3.63, 3.8) is 0 Å². The normalized spacial score (nSPS) is 8.62. The van der Waals surface area contributed by atoms with E-state index in [1.165, 1.54) is 24.3 Å². The second-order valence-electron chi connectivity index (χ2n) is 2.19. The van der Waals surface area contributed by atoms with Crippen molar-refractivity contribution in [2.75, 3.05) is 0 Å². The van der Waals surface area contributed by atoms with E-state index in [2.05, 4.69) is 0 Å². The van der Waals surface area contributed by atoms with Crippen LogP contribution in [-0.4, -0.2) is 22.2 Å². The van der Waals surface area contributed by atoms with Crippen LogP contribution in [0.15, 0.2) is 24.3 Å². The maximum atomic E-state index is 10.3. The fourth-order valence-electron chi connectivity index (χ4n) is 0.755. The summed E-state index contributed by atoms with van der Waals surface area (Å²) in [5.74, 6) is -2.13. The molecule has 0 aliphatic carbocycles. The fourth-order valence-corrected chi connectivity index (χ4v) is 0.755. The molecule has 0 amide bonds. The van der Waals surface area contributed by atoms with Crippen molar-refractivity contribution in [2.24, 2.45) is 0 Å². The van der Waals surface area contributed by atoms with Gasteiger partial charge in [0, 0.05) is 0 Å². The Kier molecular flexibility index (Phi) is 4.69. The topological polar surface area (TPSA) is 74.6 Å². The van der Waals surface area contributed by atoms with E-state index >= 15 is 0 Å². The number of aromatic carboxylic acids is 2. The molecular formula is C8H7NaO4. The van der Waals surface area contributed by atoms with E-state index in [0.29, 0.717) is 0 Å². The molecule has 0 aliphatic rings. The van der Waals surface area contributed by atoms with Crippen LogP contribution in [0.1, 0.15) is 22.1 Å². The second-order valence-corrected chi connectivity index (χ2v) is 2.19. The van der Waals surface area contributed by atoms with E-state index in [1.54, 1.807) is 0 Å². The number of benzene rings is 1. The zero-order valence-electron chi connectivity index (χ0n) is 8.02. The Morgan fingerprint density at radius 2 is 1.15 bits per heavy atom. The van der Waals surface area contributed by atoms with Crippen molar-refractivity contribution < 1.29 is 50.8 Å². The largest absolute Gasteiger partial charge is 1.00 e. The molecule has 0 heterocycles. The minimum absolute atomic E-state index is 0. The summed E-state index contributed by atoms with van der Waals surface area (Å²) in [6.45, 7) is 0. The minimum Gasteiger partial charge on any atom is -1.00 e. The second kappa shape index (κ2) is 5.01. The van der Waals surface area contributed by atoms with E-state index in [-0.39, 0.29) is 42.1 Å². The minimum atomic E-state index is -1.06. The van der Waals surface area contributed by atoms with E-state index in [4.69, 9.17) is 10.2 Å². The Bertz CT molecular complexity index is 290. The molecular weight excluding hydrogens is 183 g/mol. The Labute approximate surface area is 98.0 Å². The van der Waals surface area contributed by atoms with Gasteiger partial charge in [0.2, 0.25) is 0 Å². The van der Waals surface area contributed by atoms with Crippen molar-refractivity contribution in [1.82, 2.24) is 0 Å². The molecule has 0 aliphatic heterocycles. The summed E-state index contributed by atoms with van der Waals surface area (Å²) in [5.41, 5.74) is 0.167. The molecule has 0 atom stereocenters. The maximum absolute atomic E-state index is 10.3. The van der Waals surface area contributed by atoms with Crippen LogP contribution >= 0.6 is 0 Å². The molecule has 2 N–H and O–H groups in total. The van der Waals surface area contributed by atoms with Crippen LogP contribution in [0.5, 0.6) is 0 Å². The van der Waals surface area contributed by atoms with Gasteiger partial charge in [0.1, 0.15) is 0 Å². The summed E-state index contributed by atoms with van der Waals surface area (Å²) in [6, 6.07) is 5.02. The number of hydrogen-bond donors (Lipinski definition) is 2. The van der Waals surface area contributed by atoms with Crippen LogP contribution in [0.2, 0.25) is 0 Å². The predicted molar refractivity (Wildman–Crippen MR) is 41.5 cm³/mol. The Morgan fingerprint density at radius 1 is 0.923 bits per heavy atom. The van der Waals surface area contributed by atoms with Gasteiger partial charge in [-0.25, -0.2) is 9.59 Å². The maximum Gasteiger partial charge on any atom is 1.00 e. The van der Waals surface area contributed by atoms with Crippen LogP contribution in [0.4, 0.5) is 0 Å². The molecule has 64 valence electrons. The molecule has 0 saturated carbocycles. The molecule has 0 fully saturated rings. The summed E-state index contributed by atoms with van der Waals surface area (Å²) in [4.78, 5) is 20.7. The van der Waals surface area contributed by atoms with Gasteiger partial charge in [-0.05, 0) is 24.3 Å². The van der Waals surface area contributed by atoms with Crippen molar-refractivity contribution in [3.05, 3.63) is 35.4 Å². The zero-order chi connectivity index (χ0) is 9.14.